The maximum atomic E-state index is 12.1. The first-order chi connectivity index (χ1) is 8.15. The van der Waals surface area contributed by atoms with Crippen molar-refractivity contribution in [3.05, 3.63) is 0 Å². The summed E-state index contributed by atoms with van der Waals surface area (Å²) in [6, 6.07) is 0. The summed E-state index contributed by atoms with van der Waals surface area (Å²) in [6.45, 7) is 4.32. The molecule has 2 rings (SSSR count). The van der Waals surface area contributed by atoms with Crippen LogP contribution in [0.25, 0.3) is 0 Å². The molecule has 5 nitrogen and oxygen atoms in total. The van der Waals surface area contributed by atoms with Crippen molar-refractivity contribution in [2.75, 3.05) is 32.9 Å². The number of carbonyl (C=O) groups is 1. The van der Waals surface area contributed by atoms with Crippen LogP contribution in [-0.2, 0) is 14.3 Å². The minimum Gasteiger partial charge on any atom is -0.465 e. The average Bonchev–Trinajstić information content (AvgIpc) is 2.42. The van der Waals surface area contributed by atoms with Gasteiger partial charge in [-0.15, -0.1) is 0 Å². The Morgan fingerprint density at radius 2 is 2.18 bits per heavy atom. The number of ether oxygens (including phenoxy) is 2. The highest BCUT2D eigenvalue weighted by Crippen LogP contribution is 2.43. The Kier molecular flexibility index (Phi) is 3.70. The third kappa shape index (κ3) is 2.07. The third-order valence-corrected chi connectivity index (χ3v) is 3.95. The van der Waals surface area contributed by atoms with Gasteiger partial charge in [0.1, 0.15) is 5.41 Å². The molecule has 2 fully saturated rings. The fourth-order valence-electron chi connectivity index (χ4n) is 2.72. The zero-order chi connectivity index (χ0) is 12.4. The lowest BCUT2D eigenvalue weighted by atomic mass is 9.64. The molecule has 5 heteroatoms. The first-order valence-corrected chi connectivity index (χ1v) is 6.33. The molecule has 0 amide bonds. The van der Waals surface area contributed by atoms with Crippen LogP contribution in [0.2, 0.25) is 0 Å². The van der Waals surface area contributed by atoms with Crippen LogP contribution in [0.4, 0.5) is 0 Å². The molecule has 0 radical (unpaired) electrons. The lowest BCUT2D eigenvalue weighted by molar-refractivity contribution is -0.187. The Bertz CT molecular complexity index is 280. The molecule has 17 heavy (non-hydrogen) atoms. The van der Waals surface area contributed by atoms with Crippen molar-refractivity contribution in [3.8, 4) is 0 Å². The molecule has 2 saturated heterocycles. The van der Waals surface area contributed by atoms with Gasteiger partial charge in [-0.2, -0.15) is 0 Å². The topological polar surface area (TPSA) is 67.8 Å². The molecule has 0 aromatic carbocycles. The van der Waals surface area contributed by atoms with Crippen LogP contribution in [0.3, 0.4) is 0 Å². The Morgan fingerprint density at radius 1 is 1.41 bits per heavy atom. The van der Waals surface area contributed by atoms with Crippen LogP contribution in [0, 0.1) is 5.41 Å². The molecule has 0 aromatic rings. The molecule has 2 heterocycles. The monoisotopic (exact) mass is 243 g/mol. The molecule has 0 aliphatic carbocycles. The van der Waals surface area contributed by atoms with Crippen molar-refractivity contribution in [2.45, 2.75) is 31.8 Å². The molecular formula is C12H21NO4. The average molecular weight is 243 g/mol. The Morgan fingerprint density at radius 3 is 2.76 bits per heavy atom. The van der Waals surface area contributed by atoms with E-state index in [1.165, 1.54) is 0 Å². The quantitative estimate of drug-likeness (QED) is 0.687. The highest BCUT2D eigenvalue weighted by atomic mass is 16.5. The van der Waals surface area contributed by atoms with E-state index in [9.17, 15) is 9.90 Å². The van der Waals surface area contributed by atoms with Crippen molar-refractivity contribution in [2.24, 2.45) is 5.41 Å². The van der Waals surface area contributed by atoms with Gasteiger partial charge in [-0.1, -0.05) is 0 Å². The van der Waals surface area contributed by atoms with Gasteiger partial charge in [0.2, 0.25) is 0 Å². The summed E-state index contributed by atoms with van der Waals surface area (Å²) in [7, 11) is 0. The second kappa shape index (κ2) is 4.92. The molecule has 0 saturated carbocycles. The second-order valence-corrected chi connectivity index (χ2v) is 4.90. The van der Waals surface area contributed by atoms with Gasteiger partial charge in [0.15, 0.2) is 0 Å². The lowest BCUT2D eigenvalue weighted by Gasteiger charge is -2.50. The molecule has 0 bridgehead atoms. The van der Waals surface area contributed by atoms with Gasteiger partial charge in [0, 0.05) is 32.7 Å². The number of nitrogens with one attached hydrogen (secondary N) is 1. The first-order valence-electron chi connectivity index (χ1n) is 6.33. The largest absolute Gasteiger partial charge is 0.465 e. The number of aliphatic hydroxyl groups is 1. The highest BCUT2D eigenvalue weighted by molar-refractivity contribution is 5.80. The van der Waals surface area contributed by atoms with Crippen LogP contribution in [-0.4, -0.2) is 49.6 Å². The Balaban J connectivity index is 2.17. The van der Waals surface area contributed by atoms with E-state index in [0.29, 0.717) is 45.8 Å². The number of rotatable bonds is 3. The van der Waals surface area contributed by atoms with Crippen LogP contribution in [0.5, 0.6) is 0 Å². The van der Waals surface area contributed by atoms with Gasteiger partial charge in [0.05, 0.1) is 12.2 Å². The minimum atomic E-state index is -0.985. The summed E-state index contributed by atoms with van der Waals surface area (Å²) < 4.78 is 10.5. The van der Waals surface area contributed by atoms with Gasteiger partial charge in [-0.3, -0.25) is 4.79 Å². The number of carbonyl (C=O) groups excluding carboxylic acids is 1. The summed E-state index contributed by atoms with van der Waals surface area (Å²) in [5, 5.41) is 13.9. The fraction of sp³-hybridized carbons (Fsp3) is 0.917. The molecule has 0 spiro atoms. The molecule has 2 aliphatic rings. The lowest BCUT2D eigenvalue weighted by Crippen LogP contribution is -2.70. The normalized spacial score (nSPS) is 32.4. The first kappa shape index (κ1) is 12.8. The highest BCUT2D eigenvalue weighted by Gasteiger charge is 2.60. The molecule has 2 N–H and O–H groups in total. The van der Waals surface area contributed by atoms with Gasteiger partial charge in [0.25, 0.3) is 0 Å². The van der Waals surface area contributed by atoms with Crippen LogP contribution >= 0.6 is 0 Å². The number of esters is 1. The Labute approximate surface area is 101 Å². The smallest absolute Gasteiger partial charge is 0.317 e. The summed E-state index contributed by atoms with van der Waals surface area (Å²) in [5.74, 6) is -0.275. The van der Waals surface area contributed by atoms with Gasteiger partial charge in [-0.25, -0.2) is 0 Å². The minimum absolute atomic E-state index is 0.275. The SMILES string of the molecule is CCOC(=O)C1(C2(O)CCCOCC2)CNC1. The molecule has 1 unspecified atom stereocenters. The van der Waals surface area contributed by atoms with Gasteiger partial charge >= 0.3 is 5.97 Å². The van der Waals surface area contributed by atoms with E-state index in [4.69, 9.17) is 9.47 Å². The summed E-state index contributed by atoms with van der Waals surface area (Å²) in [4.78, 5) is 12.1. The van der Waals surface area contributed by atoms with E-state index in [2.05, 4.69) is 5.32 Å². The zero-order valence-corrected chi connectivity index (χ0v) is 10.3. The van der Waals surface area contributed by atoms with E-state index >= 15 is 0 Å². The molecule has 98 valence electrons. The zero-order valence-electron chi connectivity index (χ0n) is 10.3. The van der Waals surface area contributed by atoms with Crippen LogP contribution in [0.1, 0.15) is 26.2 Å². The van der Waals surface area contributed by atoms with Crippen molar-refractivity contribution in [1.29, 1.82) is 0 Å². The predicted octanol–water partition coefficient (Wildman–Crippen LogP) is 0.0707. The maximum absolute atomic E-state index is 12.1. The number of hydrogen-bond acceptors (Lipinski definition) is 5. The summed E-state index contributed by atoms with van der Waals surface area (Å²) in [5.41, 5.74) is -1.75. The number of hydrogen-bond donors (Lipinski definition) is 2. The van der Waals surface area contributed by atoms with E-state index in [0.717, 1.165) is 6.42 Å². The van der Waals surface area contributed by atoms with Crippen LogP contribution < -0.4 is 5.32 Å². The molecular weight excluding hydrogens is 222 g/mol. The van der Waals surface area contributed by atoms with E-state index in [1.54, 1.807) is 6.92 Å². The van der Waals surface area contributed by atoms with Crippen molar-refractivity contribution in [3.63, 3.8) is 0 Å². The van der Waals surface area contributed by atoms with Gasteiger partial charge in [-0.05, 0) is 19.8 Å². The van der Waals surface area contributed by atoms with E-state index in [1.807, 2.05) is 0 Å². The molecule has 0 aromatic heterocycles. The fourth-order valence-corrected chi connectivity index (χ4v) is 2.72. The second-order valence-electron chi connectivity index (χ2n) is 4.90. The van der Waals surface area contributed by atoms with E-state index < -0.39 is 11.0 Å². The van der Waals surface area contributed by atoms with Crippen LogP contribution in [0.15, 0.2) is 0 Å². The van der Waals surface area contributed by atoms with Crippen molar-refractivity contribution in [1.82, 2.24) is 5.32 Å². The Hall–Kier alpha value is -0.650. The molecule has 1 atom stereocenters. The molecule has 2 aliphatic heterocycles. The van der Waals surface area contributed by atoms with Crippen molar-refractivity contribution >= 4 is 5.97 Å². The standard InChI is InChI=1S/C12H21NO4/c1-2-17-10(14)11(8-13-9-11)12(15)4-3-6-16-7-5-12/h13,15H,2-9H2,1H3. The summed E-state index contributed by atoms with van der Waals surface area (Å²) in [6.07, 6.45) is 1.90. The predicted molar refractivity (Wildman–Crippen MR) is 61.6 cm³/mol. The summed E-state index contributed by atoms with van der Waals surface area (Å²) >= 11 is 0. The van der Waals surface area contributed by atoms with Crippen molar-refractivity contribution < 1.29 is 19.4 Å². The third-order valence-electron chi connectivity index (χ3n) is 3.95. The maximum Gasteiger partial charge on any atom is 0.317 e. The van der Waals surface area contributed by atoms with Gasteiger partial charge < -0.3 is 19.9 Å². The van der Waals surface area contributed by atoms with E-state index in [-0.39, 0.29) is 5.97 Å².